The lowest BCUT2D eigenvalue weighted by atomic mass is 9.87. The molecule has 1 aliphatic heterocycles. The number of fused-ring (bicyclic) bond motifs is 2. The van der Waals surface area contributed by atoms with E-state index in [0.717, 1.165) is 12.1 Å². The van der Waals surface area contributed by atoms with Crippen LogP contribution in [0.3, 0.4) is 0 Å². The Morgan fingerprint density at radius 2 is 2.11 bits per heavy atom. The van der Waals surface area contributed by atoms with Gasteiger partial charge in [-0.25, -0.2) is 9.59 Å². The number of carboxylic acids is 1. The average Bonchev–Trinajstić information content (AvgIpc) is 2.64. The third-order valence-electron chi connectivity index (χ3n) is 4.82. The molecule has 27 heavy (non-hydrogen) atoms. The summed E-state index contributed by atoms with van der Waals surface area (Å²) < 4.78 is 4.90. The van der Waals surface area contributed by atoms with Gasteiger partial charge in [-0.1, -0.05) is 35.9 Å². The number of hydrogen-bond acceptors (Lipinski definition) is 5. The maximum absolute atomic E-state index is 12.4. The molecule has 0 aromatic heterocycles. The largest absolute Gasteiger partial charge is 0.479 e. The van der Waals surface area contributed by atoms with Crippen LogP contribution in [0.15, 0.2) is 53.6 Å². The number of esters is 1. The smallest absolute Gasteiger partial charge is 0.341 e. The van der Waals surface area contributed by atoms with Gasteiger partial charge in [-0.2, -0.15) is 0 Å². The van der Waals surface area contributed by atoms with Crippen LogP contribution in [0.2, 0.25) is 0 Å². The zero-order valence-corrected chi connectivity index (χ0v) is 15.7. The van der Waals surface area contributed by atoms with Gasteiger partial charge in [0.2, 0.25) is 0 Å². The Kier molecular flexibility index (Phi) is 5.35. The summed E-state index contributed by atoms with van der Waals surface area (Å²) in [5.74, 6) is -1.82. The molecule has 6 heteroatoms. The number of anilines is 2. The first-order valence-electron chi connectivity index (χ1n) is 8.90. The van der Waals surface area contributed by atoms with Crippen molar-refractivity contribution in [3.8, 4) is 0 Å². The number of likely N-dealkylation sites (N-methyl/N-ethyl adjacent to an activating group) is 1. The molecule has 1 aromatic rings. The van der Waals surface area contributed by atoms with Crippen molar-refractivity contribution in [3.05, 3.63) is 59.2 Å². The van der Waals surface area contributed by atoms with Crippen molar-refractivity contribution >= 4 is 23.3 Å². The van der Waals surface area contributed by atoms with Crippen LogP contribution in [-0.4, -0.2) is 42.8 Å². The minimum Gasteiger partial charge on any atom is -0.479 e. The number of aliphatic carboxylic acids is 1. The highest BCUT2D eigenvalue weighted by Gasteiger charge is 2.35. The number of allylic oxidation sites excluding steroid dienone is 4. The number of ether oxygens (including phenoxy) is 1. The number of nitrogens with zero attached hydrogens (tertiary/aromatic N) is 1. The second-order valence-electron chi connectivity index (χ2n) is 7.01. The molecule has 2 aliphatic rings. The van der Waals surface area contributed by atoms with E-state index in [1.54, 1.807) is 12.1 Å². The Morgan fingerprint density at radius 3 is 2.81 bits per heavy atom. The van der Waals surface area contributed by atoms with Crippen LogP contribution in [0.25, 0.3) is 0 Å². The van der Waals surface area contributed by atoms with Crippen molar-refractivity contribution in [2.45, 2.75) is 32.4 Å². The molecule has 1 aliphatic carbocycles. The topological polar surface area (TPSA) is 78.9 Å². The third kappa shape index (κ3) is 3.89. The van der Waals surface area contributed by atoms with E-state index in [4.69, 9.17) is 9.84 Å². The van der Waals surface area contributed by atoms with Gasteiger partial charge >= 0.3 is 11.9 Å². The lowest BCUT2D eigenvalue weighted by Gasteiger charge is -2.44. The minimum absolute atomic E-state index is 0.0246. The van der Waals surface area contributed by atoms with Crippen molar-refractivity contribution in [2.75, 3.05) is 23.9 Å². The van der Waals surface area contributed by atoms with E-state index in [9.17, 15) is 9.59 Å². The van der Waals surface area contributed by atoms with Crippen LogP contribution in [-0.2, 0) is 9.53 Å². The molecular weight excluding hydrogens is 344 g/mol. The summed E-state index contributed by atoms with van der Waals surface area (Å²) in [6.07, 6.45) is 9.34. The van der Waals surface area contributed by atoms with Gasteiger partial charge in [0.25, 0.3) is 0 Å². The van der Waals surface area contributed by atoms with Crippen molar-refractivity contribution in [1.82, 2.24) is 0 Å². The van der Waals surface area contributed by atoms with Crippen LogP contribution in [0.1, 0.15) is 30.6 Å². The monoisotopic (exact) mass is 368 g/mol. The van der Waals surface area contributed by atoms with Gasteiger partial charge < -0.3 is 20.1 Å². The van der Waals surface area contributed by atoms with Crippen molar-refractivity contribution in [1.29, 1.82) is 0 Å². The quantitative estimate of drug-likeness (QED) is 0.613. The number of carboxylic acid groups (broad SMARTS) is 1. The Hall–Kier alpha value is -3.02. The fraction of sp³-hybridized carbons (Fsp3) is 0.333. The number of carbonyl (C=O) groups excluding carboxylic acids is 1. The Balaban J connectivity index is 1.94. The Labute approximate surface area is 158 Å². The van der Waals surface area contributed by atoms with Gasteiger partial charge in [0.15, 0.2) is 6.61 Å². The zero-order chi connectivity index (χ0) is 19.6. The predicted octanol–water partition coefficient (Wildman–Crippen LogP) is 3.38. The number of benzene rings is 1. The van der Waals surface area contributed by atoms with Crippen molar-refractivity contribution in [3.63, 3.8) is 0 Å². The minimum atomic E-state index is -1.18. The van der Waals surface area contributed by atoms with E-state index in [1.807, 2.05) is 13.1 Å². The number of nitrogens with one attached hydrogen (secondary N) is 1. The standard InChI is InChI=1S/C21H24N2O4/c1-13(2)10-11-14-6-4-8-16-19(14)22-20-15(21(26)27-12-18(24)25)7-5-9-17(20)23(16)3/h4-10,16,19,22H,11-12H2,1-3H3,(H,24,25). The zero-order valence-electron chi connectivity index (χ0n) is 15.7. The maximum atomic E-state index is 12.4. The summed E-state index contributed by atoms with van der Waals surface area (Å²) in [5, 5.41) is 12.3. The van der Waals surface area contributed by atoms with E-state index >= 15 is 0 Å². The molecule has 2 atom stereocenters. The van der Waals surface area contributed by atoms with E-state index < -0.39 is 18.5 Å². The predicted molar refractivity (Wildman–Crippen MR) is 105 cm³/mol. The fourth-order valence-electron chi connectivity index (χ4n) is 3.45. The number of carbonyl (C=O) groups is 2. The Bertz CT molecular complexity index is 850. The molecule has 0 radical (unpaired) electrons. The molecule has 0 fully saturated rings. The molecule has 1 aromatic carbocycles. The molecule has 0 saturated carbocycles. The van der Waals surface area contributed by atoms with Crippen LogP contribution in [0, 0.1) is 0 Å². The highest BCUT2D eigenvalue weighted by Crippen LogP contribution is 2.39. The number of para-hydroxylation sites is 1. The van der Waals surface area contributed by atoms with Gasteiger partial charge in [-0.3, -0.25) is 0 Å². The van der Waals surface area contributed by atoms with Gasteiger partial charge in [0, 0.05) is 7.05 Å². The van der Waals surface area contributed by atoms with Crippen molar-refractivity contribution in [2.24, 2.45) is 0 Å². The SMILES string of the molecule is CC(C)=CCC1=CC=CC2C1Nc1c(C(=O)OCC(=O)O)cccc1N2C. The van der Waals surface area contributed by atoms with E-state index in [-0.39, 0.29) is 12.1 Å². The average molecular weight is 368 g/mol. The van der Waals surface area contributed by atoms with E-state index in [2.05, 4.69) is 48.4 Å². The second-order valence-corrected chi connectivity index (χ2v) is 7.01. The van der Waals surface area contributed by atoms with E-state index in [1.165, 1.54) is 11.1 Å². The number of hydrogen-bond donors (Lipinski definition) is 2. The highest BCUT2D eigenvalue weighted by molar-refractivity contribution is 6.00. The van der Waals surface area contributed by atoms with E-state index in [0.29, 0.717) is 11.3 Å². The van der Waals surface area contributed by atoms with Gasteiger partial charge in [-0.15, -0.1) is 0 Å². The summed E-state index contributed by atoms with van der Waals surface area (Å²) in [4.78, 5) is 25.2. The molecule has 142 valence electrons. The third-order valence-corrected chi connectivity index (χ3v) is 4.82. The molecule has 1 heterocycles. The first-order chi connectivity index (χ1) is 12.9. The lowest BCUT2D eigenvalue weighted by Crippen LogP contribution is -2.50. The fourth-order valence-corrected chi connectivity index (χ4v) is 3.45. The molecule has 0 spiro atoms. The van der Waals surface area contributed by atoms with Gasteiger partial charge in [-0.05, 0) is 38.0 Å². The van der Waals surface area contributed by atoms with Gasteiger partial charge in [0.1, 0.15) is 0 Å². The van der Waals surface area contributed by atoms with Crippen LogP contribution < -0.4 is 10.2 Å². The highest BCUT2D eigenvalue weighted by atomic mass is 16.5. The van der Waals surface area contributed by atoms with Crippen LogP contribution in [0.4, 0.5) is 11.4 Å². The first-order valence-corrected chi connectivity index (χ1v) is 8.90. The molecule has 0 bridgehead atoms. The first kappa shape index (κ1) is 18.8. The summed E-state index contributed by atoms with van der Waals surface area (Å²) >= 11 is 0. The molecule has 0 amide bonds. The lowest BCUT2D eigenvalue weighted by molar-refractivity contribution is -0.140. The molecule has 6 nitrogen and oxygen atoms in total. The molecule has 0 saturated heterocycles. The van der Waals surface area contributed by atoms with Gasteiger partial charge in [0.05, 0.1) is 29.0 Å². The summed E-state index contributed by atoms with van der Waals surface area (Å²) in [5.41, 5.74) is 4.39. The van der Waals surface area contributed by atoms with Crippen LogP contribution in [0.5, 0.6) is 0 Å². The van der Waals surface area contributed by atoms with Crippen molar-refractivity contribution < 1.29 is 19.4 Å². The molecule has 2 N–H and O–H groups in total. The number of rotatable bonds is 5. The molecule has 3 rings (SSSR count). The van der Waals surface area contributed by atoms with Crippen LogP contribution >= 0.6 is 0 Å². The summed E-state index contributed by atoms with van der Waals surface area (Å²) in [6, 6.07) is 5.53. The summed E-state index contributed by atoms with van der Waals surface area (Å²) in [6.45, 7) is 3.49. The Morgan fingerprint density at radius 1 is 1.33 bits per heavy atom. The molecular formula is C21H24N2O4. The maximum Gasteiger partial charge on any atom is 0.341 e. The second kappa shape index (κ2) is 7.70. The normalized spacial score (nSPS) is 20.0. The summed E-state index contributed by atoms with van der Waals surface area (Å²) in [7, 11) is 2.00. The molecule has 2 unspecified atom stereocenters.